The number of amides is 1. The maximum absolute atomic E-state index is 11.5. The Bertz CT molecular complexity index is 374. The van der Waals surface area contributed by atoms with Crippen molar-refractivity contribution >= 4 is 23.4 Å². The molecule has 1 aromatic rings. The zero-order valence-corrected chi connectivity index (χ0v) is 10.8. The molecular weight excluding hydrogens is 232 g/mol. The molecule has 0 radical (unpaired) electrons. The number of carbonyl (C=O) groups is 1. The van der Waals surface area contributed by atoms with E-state index in [1.54, 1.807) is 11.8 Å². The molecule has 1 saturated carbocycles. The second-order valence-electron chi connectivity index (χ2n) is 4.33. The zero-order valence-electron chi connectivity index (χ0n) is 10.0. The lowest BCUT2D eigenvalue weighted by Crippen LogP contribution is -2.31. The van der Waals surface area contributed by atoms with Gasteiger partial charge in [-0.05, 0) is 49.3 Å². The number of nitrogens with one attached hydrogen (secondary N) is 2. The molecule has 0 unspecified atom stereocenters. The van der Waals surface area contributed by atoms with E-state index >= 15 is 0 Å². The molecule has 0 atom stereocenters. The lowest BCUT2D eigenvalue weighted by atomic mass is 10.3. The van der Waals surface area contributed by atoms with Gasteiger partial charge < -0.3 is 10.6 Å². The van der Waals surface area contributed by atoms with Gasteiger partial charge in [0.2, 0.25) is 5.91 Å². The Balaban J connectivity index is 1.70. The maximum Gasteiger partial charge on any atom is 0.239 e. The van der Waals surface area contributed by atoms with E-state index in [-0.39, 0.29) is 5.91 Å². The molecule has 1 amide bonds. The van der Waals surface area contributed by atoms with Gasteiger partial charge in [0, 0.05) is 17.1 Å². The quantitative estimate of drug-likeness (QED) is 0.761. The molecule has 1 fully saturated rings. The molecule has 2 N–H and O–H groups in total. The van der Waals surface area contributed by atoms with Gasteiger partial charge in [-0.1, -0.05) is 0 Å². The summed E-state index contributed by atoms with van der Waals surface area (Å²) in [5.74, 6) is 0.811. The van der Waals surface area contributed by atoms with Crippen LogP contribution in [-0.2, 0) is 4.79 Å². The smallest absolute Gasteiger partial charge is 0.239 e. The number of thioether (sulfide) groups is 1. The van der Waals surface area contributed by atoms with E-state index < -0.39 is 0 Å². The predicted molar refractivity (Wildman–Crippen MR) is 72.4 cm³/mol. The Kier molecular flexibility index (Phi) is 4.31. The summed E-state index contributed by atoms with van der Waals surface area (Å²) in [6.45, 7) is 1.19. The minimum Gasteiger partial charge on any atom is -0.376 e. The van der Waals surface area contributed by atoms with Crippen LogP contribution in [0.15, 0.2) is 29.2 Å². The van der Waals surface area contributed by atoms with Crippen LogP contribution in [0.25, 0.3) is 0 Å². The molecule has 0 aliphatic heterocycles. The molecule has 0 saturated heterocycles. The van der Waals surface area contributed by atoms with Crippen molar-refractivity contribution in [2.24, 2.45) is 5.92 Å². The van der Waals surface area contributed by atoms with Gasteiger partial charge in [0.1, 0.15) is 0 Å². The Morgan fingerprint density at radius 3 is 2.65 bits per heavy atom. The Morgan fingerprint density at radius 1 is 1.35 bits per heavy atom. The fourth-order valence-corrected chi connectivity index (χ4v) is 1.94. The lowest BCUT2D eigenvalue weighted by Gasteiger charge is -2.07. The number of hydrogen-bond acceptors (Lipinski definition) is 3. The molecule has 0 bridgehead atoms. The van der Waals surface area contributed by atoms with Crippen LogP contribution >= 0.6 is 11.8 Å². The van der Waals surface area contributed by atoms with Crippen molar-refractivity contribution in [3.63, 3.8) is 0 Å². The molecule has 4 heteroatoms. The van der Waals surface area contributed by atoms with Crippen LogP contribution in [-0.4, -0.2) is 25.3 Å². The fourth-order valence-electron chi connectivity index (χ4n) is 1.53. The Labute approximate surface area is 106 Å². The van der Waals surface area contributed by atoms with Gasteiger partial charge in [0.15, 0.2) is 0 Å². The molecule has 3 nitrogen and oxygen atoms in total. The topological polar surface area (TPSA) is 41.1 Å². The van der Waals surface area contributed by atoms with Crippen LogP contribution < -0.4 is 10.6 Å². The average Bonchev–Trinajstić information content (AvgIpc) is 3.18. The predicted octanol–water partition coefficient (Wildman–Crippen LogP) is 2.35. The van der Waals surface area contributed by atoms with Crippen LogP contribution in [0.2, 0.25) is 0 Å². The van der Waals surface area contributed by atoms with Gasteiger partial charge in [-0.25, -0.2) is 0 Å². The van der Waals surface area contributed by atoms with Crippen molar-refractivity contribution in [3.05, 3.63) is 24.3 Å². The number of rotatable bonds is 6. The molecule has 0 aromatic heterocycles. The lowest BCUT2D eigenvalue weighted by molar-refractivity contribution is -0.119. The minimum atomic E-state index is 0.0749. The van der Waals surface area contributed by atoms with Gasteiger partial charge in [0.25, 0.3) is 0 Å². The summed E-state index contributed by atoms with van der Waals surface area (Å²) < 4.78 is 0. The molecule has 1 aliphatic carbocycles. The van der Waals surface area contributed by atoms with Crippen molar-refractivity contribution in [2.45, 2.75) is 17.7 Å². The summed E-state index contributed by atoms with van der Waals surface area (Å²) in [5, 5.41) is 6.05. The van der Waals surface area contributed by atoms with Crippen LogP contribution in [0, 0.1) is 5.92 Å². The summed E-state index contributed by atoms with van der Waals surface area (Å²) in [6.07, 6.45) is 4.58. The minimum absolute atomic E-state index is 0.0749. The van der Waals surface area contributed by atoms with Crippen molar-refractivity contribution < 1.29 is 4.79 Å². The average molecular weight is 250 g/mol. The van der Waals surface area contributed by atoms with Gasteiger partial charge in [-0.2, -0.15) is 0 Å². The normalized spacial score (nSPS) is 14.4. The second kappa shape index (κ2) is 5.96. The van der Waals surface area contributed by atoms with E-state index in [4.69, 9.17) is 0 Å². The number of anilines is 1. The third kappa shape index (κ3) is 4.30. The summed E-state index contributed by atoms with van der Waals surface area (Å²) in [5.41, 5.74) is 0.990. The van der Waals surface area contributed by atoms with Gasteiger partial charge >= 0.3 is 0 Å². The molecule has 0 spiro atoms. The van der Waals surface area contributed by atoms with Gasteiger partial charge in [0.05, 0.1) is 6.54 Å². The first-order valence-corrected chi connectivity index (χ1v) is 7.15. The van der Waals surface area contributed by atoms with Crippen molar-refractivity contribution in [1.82, 2.24) is 5.32 Å². The van der Waals surface area contributed by atoms with Crippen molar-refractivity contribution in [2.75, 3.05) is 24.7 Å². The highest BCUT2D eigenvalue weighted by Crippen LogP contribution is 2.27. The van der Waals surface area contributed by atoms with Gasteiger partial charge in [-0.3, -0.25) is 4.79 Å². The second-order valence-corrected chi connectivity index (χ2v) is 5.21. The third-order valence-electron chi connectivity index (χ3n) is 2.83. The highest BCUT2D eigenvalue weighted by atomic mass is 32.2. The first kappa shape index (κ1) is 12.3. The third-order valence-corrected chi connectivity index (χ3v) is 3.57. The standard InChI is InChI=1S/C13H18N2OS/c1-17-12-6-4-11(5-7-12)14-9-13(16)15-8-10-2-3-10/h4-7,10,14H,2-3,8-9H2,1H3,(H,15,16). The molecule has 1 aromatic carbocycles. The van der Waals surface area contributed by atoms with E-state index in [1.807, 2.05) is 18.4 Å². The van der Waals surface area contributed by atoms with E-state index in [2.05, 4.69) is 22.8 Å². The molecule has 1 aliphatic rings. The number of benzene rings is 1. The fraction of sp³-hybridized carbons (Fsp3) is 0.462. The van der Waals surface area contributed by atoms with Crippen LogP contribution in [0.3, 0.4) is 0 Å². The van der Waals surface area contributed by atoms with Crippen LogP contribution in [0.5, 0.6) is 0 Å². The first-order valence-electron chi connectivity index (χ1n) is 5.92. The molecule has 17 heavy (non-hydrogen) atoms. The van der Waals surface area contributed by atoms with E-state index in [1.165, 1.54) is 17.7 Å². The van der Waals surface area contributed by atoms with Crippen molar-refractivity contribution in [3.8, 4) is 0 Å². The van der Waals surface area contributed by atoms with E-state index in [0.717, 1.165) is 18.2 Å². The molecular formula is C13H18N2OS. The molecule has 2 rings (SSSR count). The van der Waals surface area contributed by atoms with E-state index in [9.17, 15) is 4.79 Å². The molecule has 0 heterocycles. The SMILES string of the molecule is CSc1ccc(NCC(=O)NCC2CC2)cc1. The summed E-state index contributed by atoms with van der Waals surface area (Å²) >= 11 is 1.71. The highest BCUT2D eigenvalue weighted by Gasteiger charge is 2.21. The van der Waals surface area contributed by atoms with Crippen LogP contribution in [0.1, 0.15) is 12.8 Å². The van der Waals surface area contributed by atoms with Crippen LogP contribution in [0.4, 0.5) is 5.69 Å². The van der Waals surface area contributed by atoms with Gasteiger partial charge in [-0.15, -0.1) is 11.8 Å². The van der Waals surface area contributed by atoms with E-state index in [0.29, 0.717) is 6.54 Å². The summed E-state index contributed by atoms with van der Waals surface area (Å²) in [6, 6.07) is 8.10. The summed E-state index contributed by atoms with van der Waals surface area (Å²) in [4.78, 5) is 12.7. The Hall–Kier alpha value is -1.16. The molecule has 92 valence electrons. The number of hydrogen-bond donors (Lipinski definition) is 2. The first-order chi connectivity index (χ1) is 8.28. The largest absolute Gasteiger partial charge is 0.376 e. The summed E-state index contributed by atoms with van der Waals surface area (Å²) in [7, 11) is 0. The Morgan fingerprint density at radius 2 is 2.06 bits per heavy atom. The monoisotopic (exact) mass is 250 g/mol. The number of carbonyl (C=O) groups excluding carboxylic acids is 1. The maximum atomic E-state index is 11.5. The highest BCUT2D eigenvalue weighted by molar-refractivity contribution is 7.98. The van der Waals surface area contributed by atoms with Crippen molar-refractivity contribution in [1.29, 1.82) is 0 Å². The zero-order chi connectivity index (χ0) is 12.1.